The number of nitrogens with two attached hydrogens (primary N) is 1. The van der Waals surface area contributed by atoms with Crippen LogP contribution in [0.3, 0.4) is 0 Å². The monoisotopic (exact) mass is 234 g/mol. The Labute approximate surface area is 90.4 Å². The largest absolute Gasteiger partial charge is 0.376 e. The van der Waals surface area contributed by atoms with Crippen molar-refractivity contribution >= 4 is 10.0 Å². The Bertz CT molecular complexity index is 313. The highest BCUT2D eigenvalue weighted by atomic mass is 32.2. The highest BCUT2D eigenvalue weighted by Crippen LogP contribution is 2.05. The van der Waals surface area contributed by atoms with Crippen LogP contribution in [-0.4, -0.2) is 31.5 Å². The SMILES string of the molecule is NC1C/C=C\CCCCS(=O)(=O)NC1O. The molecule has 0 bridgehead atoms. The number of sulfonamides is 1. The Morgan fingerprint density at radius 1 is 1.33 bits per heavy atom. The van der Waals surface area contributed by atoms with Gasteiger partial charge in [0.05, 0.1) is 5.75 Å². The lowest BCUT2D eigenvalue weighted by Crippen LogP contribution is -2.47. The van der Waals surface area contributed by atoms with Crippen LogP contribution in [0.4, 0.5) is 0 Å². The molecule has 1 aliphatic rings. The quantitative estimate of drug-likeness (QED) is 0.501. The number of allylic oxidation sites excluding steroid dienone is 1. The van der Waals surface area contributed by atoms with E-state index in [9.17, 15) is 13.5 Å². The van der Waals surface area contributed by atoms with Gasteiger partial charge in [0.2, 0.25) is 10.0 Å². The van der Waals surface area contributed by atoms with E-state index in [-0.39, 0.29) is 5.75 Å². The molecule has 0 saturated carbocycles. The molecule has 0 amide bonds. The van der Waals surface area contributed by atoms with Gasteiger partial charge in [0.25, 0.3) is 0 Å². The number of nitrogens with one attached hydrogen (secondary N) is 1. The predicted molar refractivity (Wildman–Crippen MR) is 58.5 cm³/mol. The van der Waals surface area contributed by atoms with Crippen LogP contribution in [0.1, 0.15) is 25.7 Å². The van der Waals surface area contributed by atoms with Crippen LogP contribution in [0.2, 0.25) is 0 Å². The summed E-state index contributed by atoms with van der Waals surface area (Å²) < 4.78 is 25.0. The number of aliphatic hydroxyl groups is 1. The van der Waals surface area contributed by atoms with E-state index in [1.54, 1.807) is 0 Å². The topological polar surface area (TPSA) is 92.4 Å². The summed E-state index contributed by atoms with van der Waals surface area (Å²) in [5.41, 5.74) is 5.61. The van der Waals surface area contributed by atoms with Gasteiger partial charge >= 0.3 is 0 Å². The molecule has 0 spiro atoms. The van der Waals surface area contributed by atoms with Crippen LogP contribution >= 0.6 is 0 Å². The standard InChI is InChI=1S/C9H18N2O3S/c10-8-6-4-2-1-3-5-7-15(13,14)11-9(8)12/h2,4,8-9,11-12H,1,3,5-7,10H2/b4-2-. The van der Waals surface area contributed by atoms with E-state index >= 15 is 0 Å². The first-order chi connectivity index (χ1) is 7.01. The van der Waals surface area contributed by atoms with Crippen molar-refractivity contribution in [1.29, 1.82) is 0 Å². The molecule has 0 aromatic rings. The zero-order valence-corrected chi connectivity index (χ0v) is 9.41. The van der Waals surface area contributed by atoms with Crippen molar-refractivity contribution in [2.75, 3.05) is 5.75 Å². The third-order valence-electron chi connectivity index (χ3n) is 2.31. The van der Waals surface area contributed by atoms with E-state index in [2.05, 4.69) is 4.72 Å². The molecule has 0 fully saturated rings. The Morgan fingerprint density at radius 2 is 2.07 bits per heavy atom. The summed E-state index contributed by atoms with van der Waals surface area (Å²) in [7, 11) is -3.39. The Hall–Kier alpha value is -0.430. The van der Waals surface area contributed by atoms with Crippen molar-refractivity contribution in [3.05, 3.63) is 12.2 Å². The third-order valence-corrected chi connectivity index (χ3v) is 3.74. The molecule has 1 heterocycles. The van der Waals surface area contributed by atoms with Crippen LogP contribution in [-0.2, 0) is 10.0 Å². The molecule has 0 radical (unpaired) electrons. The molecule has 2 unspecified atom stereocenters. The number of rotatable bonds is 0. The van der Waals surface area contributed by atoms with E-state index in [4.69, 9.17) is 5.73 Å². The molecule has 4 N–H and O–H groups in total. The average Bonchev–Trinajstić information content (AvgIpc) is 2.15. The lowest BCUT2D eigenvalue weighted by molar-refractivity contribution is 0.134. The average molecular weight is 234 g/mol. The summed E-state index contributed by atoms with van der Waals surface area (Å²) in [5.74, 6) is 0.0463. The maximum Gasteiger partial charge on any atom is 0.213 e. The maximum atomic E-state index is 11.4. The van der Waals surface area contributed by atoms with Gasteiger partial charge in [-0.1, -0.05) is 12.2 Å². The number of hydrogen-bond acceptors (Lipinski definition) is 4. The highest BCUT2D eigenvalue weighted by molar-refractivity contribution is 7.89. The van der Waals surface area contributed by atoms with Gasteiger partial charge < -0.3 is 10.8 Å². The predicted octanol–water partition coefficient (Wildman–Crippen LogP) is -0.318. The van der Waals surface area contributed by atoms with E-state index in [1.165, 1.54) is 0 Å². The third kappa shape index (κ3) is 4.74. The second kappa shape index (κ2) is 5.60. The molecule has 15 heavy (non-hydrogen) atoms. The normalized spacial score (nSPS) is 35.3. The summed E-state index contributed by atoms with van der Waals surface area (Å²) in [5, 5.41) is 9.48. The second-order valence-electron chi connectivity index (χ2n) is 3.75. The van der Waals surface area contributed by atoms with Crippen molar-refractivity contribution in [1.82, 2.24) is 4.72 Å². The first-order valence-electron chi connectivity index (χ1n) is 5.10. The smallest absolute Gasteiger partial charge is 0.213 e. The summed E-state index contributed by atoms with van der Waals surface area (Å²) in [6.07, 6.45) is 5.43. The zero-order chi connectivity index (χ0) is 11.3. The Morgan fingerprint density at radius 3 is 2.80 bits per heavy atom. The molecular weight excluding hydrogens is 216 g/mol. The van der Waals surface area contributed by atoms with Crippen LogP contribution in [0, 0.1) is 0 Å². The fraction of sp³-hybridized carbons (Fsp3) is 0.778. The minimum absolute atomic E-state index is 0.0463. The summed E-state index contributed by atoms with van der Waals surface area (Å²) in [6, 6.07) is -0.589. The molecule has 0 saturated heterocycles. The number of aliphatic hydroxyl groups excluding tert-OH is 1. The van der Waals surface area contributed by atoms with Crippen molar-refractivity contribution in [3.8, 4) is 0 Å². The highest BCUT2D eigenvalue weighted by Gasteiger charge is 2.20. The van der Waals surface area contributed by atoms with Crippen molar-refractivity contribution in [3.63, 3.8) is 0 Å². The Kier molecular flexibility index (Phi) is 4.72. The molecule has 5 nitrogen and oxygen atoms in total. The van der Waals surface area contributed by atoms with E-state index < -0.39 is 22.3 Å². The Balaban J connectivity index is 2.67. The van der Waals surface area contributed by atoms with E-state index in [0.29, 0.717) is 12.8 Å². The van der Waals surface area contributed by atoms with Crippen molar-refractivity contribution < 1.29 is 13.5 Å². The van der Waals surface area contributed by atoms with Gasteiger partial charge in [-0.3, -0.25) is 0 Å². The van der Waals surface area contributed by atoms with Gasteiger partial charge in [-0.15, -0.1) is 0 Å². The van der Waals surface area contributed by atoms with Gasteiger partial charge in [0.15, 0.2) is 0 Å². The molecule has 6 heteroatoms. The summed E-state index contributed by atoms with van der Waals surface area (Å²) in [4.78, 5) is 0. The van der Waals surface area contributed by atoms with E-state index in [0.717, 1.165) is 12.8 Å². The van der Waals surface area contributed by atoms with Crippen molar-refractivity contribution in [2.45, 2.75) is 38.0 Å². The molecule has 1 rings (SSSR count). The second-order valence-corrected chi connectivity index (χ2v) is 5.62. The molecule has 0 aromatic heterocycles. The number of hydrogen-bond donors (Lipinski definition) is 3. The first kappa shape index (κ1) is 12.6. The fourth-order valence-electron chi connectivity index (χ4n) is 1.38. The molecule has 0 aliphatic carbocycles. The molecule has 88 valence electrons. The molecule has 1 aliphatic heterocycles. The van der Waals surface area contributed by atoms with Gasteiger partial charge in [-0.2, -0.15) is 4.72 Å². The van der Waals surface area contributed by atoms with Crippen LogP contribution < -0.4 is 10.5 Å². The lowest BCUT2D eigenvalue weighted by atomic mass is 10.1. The molecular formula is C9H18N2O3S. The summed E-state index contributed by atoms with van der Waals surface area (Å²) in [6.45, 7) is 0. The van der Waals surface area contributed by atoms with Crippen LogP contribution in [0.5, 0.6) is 0 Å². The minimum atomic E-state index is -3.39. The van der Waals surface area contributed by atoms with Crippen LogP contribution in [0.25, 0.3) is 0 Å². The van der Waals surface area contributed by atoms with Gasteiger partial charge in [0, 0.05) is 6.04 Å². The van der Waals surface area contributed by atoms with Crippen molar-refractivity contribution in [2.24, 2.45) is 5.73 Å². The minimum Gasteiger partial charge on any atom is -0.376 e. The van der Waals surface area contributed by atoms with E-state index in [1.807, 2.05) is 12.2 Å². The molecule has 2 atom stereocenters. The summed E-state index contributed by atoms with van der Waals surface area (Å²) >= 11 is 0. The maximum absolute atomic E-state index is 11.4. The zero-order valence-electron chi connectivity index (χ0n) is 8.59. The lowest BCUT2D eigenvalue weighted by Gasteiger charge is -2.18. The van der Waals surface area contributed by atoms with Gasteiger partial charge in [0.1, 0.15) is 6.23 Å². The first-order valence-corrected chi connectivity index (χ1v) is 6.75. The van der Waals surface area contributed by atoms with Gasteiger partial charge in [-0.05, 0) is 25.7 Å². The van der Waals surface area contributed by atoms with Crippen LogP contribution in [0.15, 0.2) is 12.2 Å². The molecule has 0 aromatic carbocycles. The fourth-order valence-corrected chi connectivity index (χ4v) is 2.63. The van der Waals surface area contributed by atoms with Gasteiger partial charge in [-0.25, -0.2) is 8.42 Å².